The molecule has 1 saturated heterocycles. The van der Waals surface area contributed by atoms with Gasteiger partial charge in [0.05, 0.1) is 5.56 Å². The summed E-state index contributed by atoms with van der Waals surface area (Å²) in [4.78, 5) is 33.9. The van der Waals surface area contributed by atoms with Gasteiger partial charge in [-0.05, 0) is 49.2 Å². The molecule has 0 atom stereocenters. The molecular weight excluding hydrogens is 406 g/mol. The van der Waals surface area contributed by atoms with Gasteiger partial charge in [0.25, 0.3) is 11.8 Å². The van der Waals surface area contributed by atoms with Gasteiger partial charge >= 0.3 is 0 Å². The highest BCUT2D eigenvalue weighted by molar-refractivity contribution is 7.99. The van der Waals surface area contributed by atoms with Gasteiger partial charge in [0, 0.05) is 48.2 Å². The smallest absolute Gasteiger partial charge is 0.256 e. The number of rotatable bonds is 4. The van der Waals surface area contributed by atoms with Crippen LogP contribution in [0, 0.1) is 0 Å². The minimum atomic E-state index is -0.0207. The largest absolute Gasteiger partial charge is 0.335 e. The Hall–Kier alpha value is -2.05. The van der Waals surface area contributed by atoms with E-state index < -0.39 is 0 Å². The standard InChI is InChI=1S/C22H24ClN3O2S/c23-17-9-7-16(8-10-17)21(27)25-12-14-26(15-13-25)22(28)19-6-3-11-24-20(19)29-18-4-1-2-5-18/h3,6-11,18H,1-2,4-5,12-15H2. The zero-order valence-electron chi connectivity index (χ0n) is 16.2. The molecule has 5 nitrogen and oxygen atoms in total. The van der Waals surface area contributed by atoms with E-state index in [1.807, 2.05) is 17.0 Å². The number of piperazine rings is 1. The fraction of sp³-hybridized carbons (Fsp3) is 0.409. The molecular formula is C22H24ClN3O2S. The first kappa shape index (κ1) is 20.2. The fourth-order valence-corrected chi connectivity index (χ4v) is 5.28. The number of hydrogen-bond acceptors (Lipinski definition) is 4. The van der Waals surface area contributed by atoms with Crippen molar-refractivity contribution in [1.29, 1.82) is 0 Å². The lowest BCUT2D eigenvalue weighted by Gasteiger charge is -2.35. The summed E-state index contributed by atoms with van der Waals surface area (Å²) >= 11 is 7.64. The maximum Gasteiger partial charge on any atom is 0.256 e. The van der Waals surface area contributed by atoms with E-state index in [0.717, 1.165) is 5.03 Å². The molecule has 1 saturated carbocycles. The van der Waals surface area contributed by atoms with Crippen LogP contribution < -0.4 is 0 Å². The molecule has 0 bridgehead atoms. The number of pyridine rings is 1. The summed E-state index contributed by atoms with van der Waals surface area (Å²) in [7, 11) is 0. The first-order valence-electron chi connectivity index (χ1n) is 10.1. The monoisotopic (exact) mass is 429 g/mol. The number of aromatic nitrogens is 1. The second-order valence-electron chi connectivity index (χ2n) is 7.47. The van der Waals surface area contributed by atoms with Crippen molar-refractivity contribution in [2.24, 2.45) is 0 Å². The van der Waals surface area contributed by atoms with Gasteiger partial charge in [-0.25, -0.2) is 4.98 Å². The van der Waals surface area contributed by atoms with Crippen molar-refractivity contribution in [2.75, 3.05) is 26.2 Å². The van der Waals surface area contributed by atoms with Crippen LogP contribution in [0.5, 0.6) is 0 Å². The molecule has 1 aliphatic carbocycles. The Balaban J connectivity index is 1.39. The lowest BCUT2D eigenvalue weighted by molar-refractivity contribution is 0.0533. The number of nitrogens with zero attached hydrogens (tertiary/aromatic N) is 3. The van der Waals surface area contributed by atoms with Gasteiger partial charge in [0.1, 0.15) is 5.03 Å². The highest BCUT2D eigenvalue weighted by Gasteiger charge is 2.28. The Morgan fingerprint density at radius 2 is 1.55 bits per heavy atom. The third-order valence-electron chi connectivity index (χ3n) is 5.53. The molecule has 1 aromatic heterocycles. The first-order valence-corrected chi connectivity index (χ1v) is 11.3. The SMILES string of the molecule is O=C(c1ccc(Cl)cc1)N1CCN(C(=O)c2cccnc2SC2CCCC2)CC1. The molecule has 2 heterocycles. The maximum atomic E-state index is 13.1. The second-order valence-corrected chi connectivity index (χ2v) is 9.20. The third kappa shape index (κ3) is 4.75. The van der Waals surface area contributed by atoms with Crippen molar-refractivity contribution in [3.05, 3.63) is 58.7 Å². The van der Waals surface area contributed by atoms with Crippen LogP contribution in [0.15, 0.2) is 47.6 Å². The average molecular weight is 430 g/mol. The van der Waals surface area contributed by atoms with Crippen molar-refractivity contribution in [3.8, 4) is 0 Å². The Labute approximate surface area is 180 Å². The highest BCUT2D eigenvalue weighted by atomic mass is 35.5. The molecule has 0 radical (unpaired) electrons. The van der Waals surface area contributed by atoms with Crippen LogP contribution in [0.25, 0.3) is 0 Å². The zero-order chi connectivity index (χ0) is 20.2. The third-order valence-corrected chi connectivity index (χ3v) is 7.13. The van der Waals surface area contributed by atoms with Crippen LogP contribution in [-0.2, 0) is 0 Å². The molecule has 1 aliphatic heterocycles. The predicted octanol–water partition coefficient (Wildman–Crippen LogP) is 4.37. The quantitative estimate of drug-likeness (QED) is 0.724. The van der Waals surface area contributed by atoms with Crippen molar-refractivity contribution < 1.29 is 9.59 Å². The van der Waals surface area contributed by atoms with E-state index in [4.69, 9.17) is 11.6 Å². The number of carbonyl (C=O) groups excluding carboxylic acids is 2. The summed E-state index contributed by atoms with van der Waals surface area (Å²) in [5.74, 6) is -0.00943. The van der Waals surface area contributed by atoms with Crippen molar-refractivity contribution in [3.63, 3.8) is 0 Å². The summed E-state index contributed by atoms with van der Waals surface area (Å²) in [6.45, 7) is 2.11. The first-order chi connectivity index (χ1) is 14.1. The lowest BCUT2D eigenvalue weighted by Crippen LogP contribution is -2.50. The number of amides is 2. The summed E-state index contributed by atoms with van der Waals surface area (Å²) in [5.41, 5.74) is 1.30. The van der Waals surface area contributed by atoms with Gasteiger partial charge in [-0.1, -0.05) is 24.4 Å². The molecule has 7 heteroatoms. The fourth-order valence-electron chi connectivity index (χ4n) is 3.87. The average Bonchev–Trinajstić information content (AvgIpc) is 3.27. The van der Waals surface area contributed by atoms with Gasteiger partial charge < -0.3 is 9.80 Å². The van der Waals surface area contributed by atoms with Crippen LogP contribution >= 0.6 is 23.4 Å². The Bertz CT molecular complexity index is 876. The molecule has 2 aliphatic rings. The minimum Gasteiger partial charge on any atom is -0.335 e. The van der Waals surface area contributed by atoms with E-state index in [9.17, 15) is 9.59 Å². The van der Waals surface area contributed by atoms with E-state index in [0.29, 0.717) is 47.6 Å². The van der Waals surface area contributed by atoms with E-state index >= 15 is 0 Å². The Morgan fingerprint density at radius 3 is 2.21 bits per heavy atom. The Morgan fingerprint density at radius 1 is 0.931 bits per heavy atom. The Kier molecular flexibility index (Phi) is 6.40. The number of halogens is 1. The van der Waals surface area contributed by atoms with Crippen molar-refractivity contribution in [2.45, 2.75) is 36.0 Å². The normalized spacial score (nSPS) is 17.6. The van der Waals surface area contributed by atoms with Gasteiger partial charge in [-0.15, -0.1) is 11.8 Å². The predicted molar refractivity (Wildman–Crippen MR) is 116 cm³/mol. The summed E-state index contributed by atoms with van der Waals surface area (Å²) < 4.78 is 0. The van der Waals surface area contributed by atoms with Crippen LogP contribution in [0.3, 0.4) is 0 Å². The molecule has 0 unspecified atom stereocenters. The van der Waals surface area contributed by atoms with Gasteiger partial charge in [0.15, 0.2) is 0 Å². The molecule has 2 amide bonds. The number of thioether (sulfide) groups is 1. The van der Waals surface area contributed by atoms with Gasteiger partial charge in [-0.3, -0.25) is 9.59 Å². The molecule has 2 fully saturated rings. The van der Waals surface area contributed by atoms with Gasteiger partial charge in [-0.2, -0.15) is 0 Å². The summed E-state index contributed by atoms with van der Waals surface area (Å²) in [6, 6.07) is 10.6. The van der Waals surface area contributed by atoms with Crippen LogP contribution in [0.2, 0.25) is 5.02 Å². The molecule has 0 spiro atoms. The summed E-state index contributed by atoms with van der Waals surface area (Å²) in [5, 5.41) is 2.01. The molecule has 29 heavy (non-hydrogen) atoms. The highest BCUT2D eigenvalue weighted by Crippen LogP contribution is 2.35. The number of carbonyl (C=O) groups is 2. The van der Waals surface area contributed by atoms with Crippen LogP contribution in [0.4, 0.5) is 0 Å². The minimum absolute atomic E-state index is 0.0113. The van der Waals surface area contributed by atoms with Crippen molar-refractivity contribution >= 4 is 35.2 Å². The van der Waals surface area contributed by atoms with E-state index in [1.54, 1.807) is 47.1 Å². The molecule has 152 valence electrons. The van der Waals surface area contributed by atoms with Crippen molar-refractivity contribution in [1.82, 2.24) is 14.8 Å². The number of hydrogen-bond donors (Lipinski definition) is 0. The molecule has 0 N–H and O–H groups in total. The summed E-state index contributed by atoms with van der Waals surface area (Å²) in [6.07, 6.45) is 6.67. The van der Waals surface area contributed by atoms with Crippen LogP contribution in [-0.4, -0.2) is 58.0 Å². The topological polar surface area (TPSA) is 53.5 Å². The van der Waals surface area contributed by atoms with E-state index in [-0.39, 0.29) is 11.8 Å². The lowest BCUT2D eigenvalue weighted by atomic mass is 10.1. The van der Waals surface area contributed by atoms with E-state index in [1.165, 1.54) is 25.7 Å². The van der Waals surface area contributed by atoms with Crippen LogP contribution in [0.1, 0.15) is 46.4 Å². The zero-order valence-corrected chi connectivity index (χ0v) is 17.8. The second kappa shape index (κ2) is 9.18. The van der Waals surface area contributed by atoms with E-state index in [2.05, 4.69) is 4.98 Å². The molecule has 2 aromatic rings. The number of benzene rings is 1. The van der Waals surface area contributed by atoms with Gasteiger partial charge in [0.2, 0.25) is 0 Å². The molecule has 4 rings (SSSR count). The maximum absolute atomic E-state index is 13.1. The molecule has 1 aromatic carbocycles.